The molecule has 1 aromatic rings. The van der Waals surface area contributed by atoms with Crippen molar-refractivity contribution in [2.24, 2.45) is 5.73 Å². The van der Waals surface area contributed by atoms with Crippen molar-refractivity contribution in [2.45, 2.75) is 5.75 Å². The highest BCUT2D eigenvalue weighted by atomic mass is 32.2. The van der Waals surface area contributed by atoms with E-state index in [9.17, 15) is 8.42 Å². The maximum atomic E-state index is 11.8. The summed E-state index contributed by atoms with van der Waals surface area (Å²) < 4.78 is 28.6. The topological polar surface area (TPSA) is 93.2 Å². The van der Waals surface area contributed by atoms with Gasteiger partial charge in [0.05, 0.1) is 36.4 Å². The Hall–Kier alpha value is -1.42. The highest BCUT2D eigenvalue weighted by Crippen LogP contribution is 2.09. The van der Waals surface area contributed by atoms with Crippen molar-refractivity contribution >= 4 is 9.84 Å². The van der Waals surface area contributed by atoms with E-state index in [4.69, 9.17) is 15.7 Å². The van der Waals surface area contributed by atoms with Crippen LogP contribution in [0.1, 0.15) is 11.1 Å². The number of benzene rings is 1. The Morgan fingerprint density at radius 1 is 1.33 bits per heavy atom. The molecule has 0 aromatic heterocycles. The number of nitriles is 1. The maximum Gasteiger partial charge on any atom is 0.156 e. The molecule has 18 heavy (non-hydrogen) atoms. The minimum atomic E-state index is -3.22. The number of rotatable bonds is 7. The average molecular weight is 268 g/mol. The van der Waals surface area contributed by atoms with Gasteiger partial charge in [0, 0.05) is 6.54 Å². The minimum Gasteiger partial charge on any atom is -0.379 e. The van der Waals surface area contributed by atoms with Crippen LogP contribution in [0, 0.1) is 11.3 Å². The van der Waals surface area contributed by atoms with Gasteiger partial charge in [0.2, 0.25) is 0 Å². The van der Waals surface area contributed by atoms with Crippen LogP contribution in [0.5, 0.6) is 0 Å². The highest BCUT2D eigenvalue weighted by Gasteiger charge is 2.12. The predicted molar refractivity (Wildman–Crippen MR) is 68.5 cm³/mol. The second kappa shape index (κ2) is 7.11. The number of hydrogen-bond acceptors (Lipinski definition) is 5. The fourth-order valence-corrected chi connectivity index (χ4v) is 2.63. The summed E-state index contributed by atoms with van der Waals surface area (Å²) in [6.45, 7) is 0.890. The number of hydrogen-bond donors (Lipinski definition) is 1. The number of sulfone groups is 1. The molecule has 98 valence electrons. The summed E-state index contributed by atoms with van der Waals surface area (Å²) in [5.74, 6) is -0.113. The van der Waals surface area contributed by atoms with E-state index in [1.807, 2.05) is 6.07 Å². The van der Waals surface area contributed by atoms with Gasteiger partial charge in [-0.05, 0) is 17.7 Å². The average Bonchev–Trinajstić information content (AvgIpc) is 2.34. The van der Waals surface area contributed by atoms with Crippen molar-refractivity contribution in [3.8, 4) is 6.07 Å². The van der Waals surface area contributed by atoms with Gasteiger partial charge in [-0.3, -0.25) is 0 Å². The second-order valence-corrected chi connectivity index (χ2v) is 5.99. The normalized spacial score (nSPS) is 11.1. The molecule has 0 radical (unpaired) electrons. The molecular formula is C12H16N2O3S. The van der Waals surface area contributed by atoms with E-state index >= 15 is 0 Å². The summed E-state index contributed by atoms with van der Waals surface area (Å²) in [6.07, 6.45) is 0. The van der Waals surface area contributed by atoms with Crippen LogP contribution in [0.15, 0.2) is 24.3 Å². The van der Waals surface area contributed by atoms with Crippen LogP contribution in [0.3, 0.4) is 0 Å². The molecule has 1 aromatic carbocycles. The number of nitrogens with two attached hydrogens (primary N) is 1. The first-order valence-electron chi connectivity index (χ1n) is 5.54. The molecule has 0 atom stereocenters. The Labute approximate surface area is 107 Å². The Kier molecular flexibility index (Phi) is 5.78. The lowest BCUT2D eigenvalue weighted by Crippen LogP contribution is -2.17. The van der Waals surface area contributed by atoms with Gasteiger partial charge in [-0.15, -0.1) is 0 Å². The summed E-state index contributed by atoms with van der Waals surface area (Å²) >= 11 is 0. The van der Waals surface area contributed by atoms with Gasteiger partial charge in [-0.25, -0.2) is 8.42 Å². The van der Waals surface area contributed by atoms with Crippen molar-refractivity contribution < 1.29 is 13.2 Å². The third-order valence-corrected chi connectivity index (χ3v) is 3.81. The zero-order chi connectivity index (χ0) is 13.4. The van der Waals surface area contributed by atoms with Crippen molar-refractivity contribution in [3.63, 3.8) is 0 Å². The van der Waals surface area contributed by atoms with E-state index in [1.54, 1.807) is 24.3 Å². The van der Waals surface area contributed by atoms with Gasteiger partial charge >= 0.3 is 0 Å². The largest absolute Gasteiger partial charge is 0.379 e. The molecule has 2 N–H and O–H groups in total. The first kappa shape index (κ1) is 14.6. The molecule has 0 fully saturated rings. The molecular weight excluding hydrogens is 252 g/mol. The summed E-state index contributed by atoms with van der Waals surface area (Å²) in [7, 11) is -3.22. The molecule has 0 amide bonds. The van der Waals surface area contributed by atoms with E-state index in [-0.39, 0.29) is 18.1 Å². The van der Waals surface area contributed by atoms with Crippen LogP contribution in [0.2, 0.25) is 0 Å². The van der Waals surface area contributed by atoms with Gasteiger partial charge in [-0.2, -0.15) is 5.26 Å². The van der Waals surface area contributed by atoms with Crippen LogP contribution in [0.25, 0.3) is 0 Å². The molecule has 0 saturated heterocycles. The quantitative estimate of drug-likeness (QED) is 0.725. The second-order valence-electron chi connectivity index (χ2n) is 3.81. The van der Waals surface area contributed by atoms with E-state index in [0.717, 1.165) is 0 Å². The Balaban J connectivity index is 2.57. The lowest BCUT2D eigenvalue weighted by molar-refractivity contribution is 0.157. The highest BCUT2D eigenvalue weighted by molar-refractivity contribution is 7.90. The summed E-state index contributed by atoms with van der Waals surface area (Å²) in [6, 6.07) is 8.57. The van der Waals surface area contributed by atoms with E-state index in [2.05, 4.69) is 0 Å². The summed E-state index contributed by atoms with van der Waals surface area (Å²) in [4.78, 5) is 0. The standard InChI is InChI=1S/C12H16N2O3S/c13-4-5-17-6-7-18(15,16)10-12-3-1-2-11(8-12)9-14/h1-3,8H,4-7,10,13H2. The van der Waals surface area contributed by atoms with Crippen molar-refractivity contribution in [3.05, 3.63) is 35.4 Å². The van der Waals surface area contributed by atoms with Gasteiger partial charge in [0.25, 0.3) is 0 Å². The van der Waals surface area contributed by atoms with Gasteiger partial charge < -0.3 is 10.5 Å². The first-order chi connectivity index (χ1) is 8.57. The Bertz CT molecular complexity index is 520. The van der Waals surface area contributed by atoms with Crippen LogP contribution in [0.4, 0.5) is 0 Å². The zero-order valence-corrected chi connectivity index (χ0v) is 10.8. The molecule has 0 spiro atoms. The fraction of sp³-hybridized carbons (Fsp3) is 0.417. The zero-order valence-electron chi connectivity index (χ0n) is 10.0. The molecule has 0 saturated carbocycles. The van der Waals surface area contributed by atoms with Crippen LogP contribution in [-0.4, -0.2) is 33.9 Å². The maximum absolute atomic E-state index is 11.8. The molecule has 0 bridgehead atoms. The Morgan fingerprint density at radius 3 is 2.78 bits per heavy atom. The van der Waals surface area contributed by atoms with E-state index in [1.165, 1.54) is 0 Å². The molecule has 0 aliphatic rings. The molecule has 6 heteroatoms. The molecule has 0 unspecified atom stereocenters. The Morgan fingerprint density at radius 2 is 2.11 bits per heavy atom. The summed E-state index contributed by atoms with van der Waals surface area (Å²) in [5, 5.41) is 8.73. The lowest BCUT2D eigenvalue weighted by atomic mass is 10.2. The lowest BCUT2D eigenvalue weighted by Gasteiger charge is -2.05. The van der Waals surface area contributed by atoms with Crippen LogP contribution in [-0.2, 0) is 20.3 Å². The third-order valence-electron chi connectivity index (χ3n) is 2.24. The molecule has 1 rings (SSSR count). The fourth-order valence-electron chi connectivity index (χ4n) is 1.43. The molecule has 0 aliphatic carbocycles. The van der Waals surface area contributed by atoms with Crippen LogP contribution < -0.4 is 5.73 Å². The van der Waals surface area contributed by atoms with E-state index in [0.29, 0.717) is 24.3 Å². The minimum absolute atomic E-state index is 0.0379. The SMILES string of the molecule is N#Cc1cccc(CS(=O)(=O)CCOCCN)c1. The number of ether oxygens (including phenoxy) is 1. The van der Waals surface area contributed by atoms with Gasteiger partial charge in [0.1, 0.15) is 0 Å². The van der Waals surface area contributed by atoms with Crippen LogP contribution >= 0.6 is 0 Å². The van der Waals surface area contributed by atoms with E-state index < -0.39 is 9.84 Å². The van der Waals surface area contributed by atoms with Crippen molar-refractivity contribution in [1.29, 1.82) is 5.26 Å². The first-order valence-corrected chi connectivity index (χ1v) is 7.37. The summed E-state index contributed by atoms with van der Waals surface area (Å²) in [5.41, 5.74) is 6.31. The monoisotopic (exact) mass is 268 g/mol. The smallest absolute Gasteiger partial charge is 0.156 e. The third kappa shape index (κ3) is 5.27. The van der Waals surface area contributed by atoms with Gasteiger partial charge in [0.15, 0.2) is 9.84 Å². The van der Waals surface area contributed by atoms with Gasteiger partial charge in [-0.1, -0.05) is 12.1 Å². The molecule has 0 heterocycles. The van der Waals surface area contributed by atoms with Crippen molar-refractivity contribution in [1.82, 2.24) is 0 Å². The van der Waals surface area contributed by atoms with Crippen molar-refractivity contribution in [2.75, 3.05) is 25.5 Å². The molecule has 5 nitrogen and oxygen atoms in total. The molecule has 0 aliphatic heterocycles. The predicted octanol–water partition coefficient (Wildman–Crippen LogP) is 0.448. The number of nitrogens with zero attached hydrogens (tertiary/aromatic N) is 1.